The van der Waals surface area contributed by atoms with E-state index in [1.54, 1.807) is 36.4 Å². The van der Waals surface area contributed by atoms with Crippen LogP contribution in [0.25, 0.3) is 10.8 Å². The molecule has 0 saturated carbocycles. The number of hydrogen-bond donors (Lipinski definition) is 1. The molecule has 2 N–H and O–H groups in total. The van der Waals surface area contributed by atoms with Crippen LogP contribution in [0.2, 0.25) is 0 Å². The predicted molar refractivity (Wildman–Crippen MR) is 86.8 cm³/mol. The summed E-state index contributed by atoms with van der Waals surface area (Å²) < 4.78 is 27.1. The number of halogens is 2. The molecule has 25 heavy (non-hydrogen) atoms. The van der Waals surface area contributed by atoms with E-state index in [1.807, 2.05) is 6.07 Å². The Kier molecular flexibility index (Phi) is 4.13. The highest BCUT2D eigenvalue weighted by Crippen LogP contribution is 2.32. The maximum atomic E-state index is 13.5. The largest absolute Gasteiger partial charge is 0.366 e. The molecule has 0 bridgehead atoms. The lowest BCUT2D eigenvalue weighted by molar-refractivity contribution is -0.131. The minimum Gasteiger partial charge on any atom is -0.366 e. The van der Waals surface area contributed by atoms with Gasteiger partial charge in [-0.1, -0.05) is 36.4 Å². The number of carbonyl (C=O) groups excluding carboxylic acids is 2. The van der Waals surface area contributed by atoms with Gasteiger partial charge in [0.05, 0.1) is 24.6 Å². The summed E-state index contributed by atoms with van der Waals surface area (Å²) >= 11 is 0. The van der Waals surface area contributed by atoms with Crippen molar-refractivity contribution in [3.05, 3.63) is 47.5 Å². The first-order chi connectivity index (χ1) is 11.8. The SMILES string of the molecule is N#CC1CC(F)(F)CN1C(=O)Cc1ccc2ccccc2c1C(N)=O. The van der Waals surface area contributed by atoms with E-state index in [2.05, 4.69) is 0 Å². The van der Waals surface area contributed by atoms with Crippen LogP contribution in [-0.4, -0.2) is 35.2 Å². The van der Waals surface area contributed by atoms with Crippen LogP contribution < -0.4 is 5.73 Å². The van der Waals surface area contributed by atoms with Gasteiger partial charge in [-0.15, -0.1) is 0 Å². The zero-order valence-electron chi connectivity index (χ0n) is 13.2. The second-order valence-corrected chi connectivity index (χ2v) is 6.09. The summed E-state index contributed by atoms with van der Waals surface area (Å²) in [5.74, 6) is -4.39. The Bertz CT molecular complexity index is 905. The molecule has 1 aliphatic rings. The van der Waals surface area contributed by atoms with Gasteiger partial charge >= 0.3 is 0 Å². The van der Waals surface area contributed by atoms with Crippen LogP contribution in [0.15, 0.2) is 36.4 Å². The third-order valence-electron chi connectivity index (χ3n) is 4.34. The van der Waals surface area contributed by atoms with Gasteiger partial charge in [-0.2, -0.15) is 5.26 Å². The van der Waals surface area contributed by atoms with E-state index in [-0.39, 0.29) is 12.0 Å². The third kappa shape index (κ3) is 3.15. The van der Waals surface area contributed by atoms with Gasteiger partial charge in [-0.05, 0) is 16.3 Å². The van der Waals surface area contributed by atoms with Gasteiger partial charge in [0, 0.05) is 6.42 Å². The van der Waals surface area contributed by atoms with E-state index in [1.165, 1.54) is 0 Å². The van der Waals surface area contributed by atoms with Gasteiger partial charge < -0.3 is 10.6 Å². The highest BCUT2D eigenvalue weighted by atomic mass is 19.3. The molecule has 5 nitrogen and oxygen atoms in total. The molecule has 0 aliphatic carbocycles. The number of primary amides is 1. The number of benzene rings is 2. The summed E-state index contributed by atoms with van der Waals surface area (Å²) in [6.45, 7) is -0.788. The first-order valence-electron chi connectivity index (χ1n) is 7.70. The smallest absolute Gasteiger partial charge is 0.268 e. The van der Waals surface area contributed by atoms with Crippen molar-refractivity contribution in [2.75, 3.05) is 6.54 Å². The lowest BCUT2D eigenvalue weighted by Crippen LogP contribution is -2.37. The van der Waals surface area contributed by atoms with Crippen molar-refractivity contribution in [1.29, 1.82) is 5.26 Å². The summed E-state index contributed by atoms with van der Waals surface area (Å²) in [6, 6.07) is 11.0. The molecule has 2 amide bonds. The van der Waals surface area contributed by atoms with Crippen LogP contribution in [0.1, 0.15) is 22.3 Å². The number of amides is 2. The first-order valence-corrected chi connectivity index (χ1v) is 7.70. The molecular weight excluding hydrogens is 328 g/mol. The number of hydrogen-bond acceptors (Lipinski definition) is 3. The van der Waals surface area contributed by atoms with E-state index < -0.39 is 36.7 Å². The van der Waals surface area contributed by atoms with Crippen molar-refractivity contribution in [3.8, 4) is 6.07 Å². The number of alkyl halides is 2. The van der Waals surface area contributed by atoms with Crippen molar-refractivity contribution < 1.29 is 18.4 Å². The Morgan fingerprint density at radius 1 is 1.28 bits per heavy atom. The average molecular weight is 343 g/mol. The van der Waals surface area contributed by atoms with Crippen molar-refractivity contribution in [1.82, 2.24) is 4.90 Å². The van der Waals surface area contributed by atoms with Gasteiger partial charge in [-0.25, -0.2) is 8.78 Å². The summed E-state index contributed by atoms with van der Waals surface area (Å²) in [4.78, 5) is 25.2. The molecule has 1 fully saturated rings. The van der Waals surface area contributed by atoms with Crippen molar-refractivity contribution in [2.24, 2.45) is 5.73 Å². The van der Waals surface area contributed by atoms with Crippen molar-refractivity contribution >= 4 is 22.6 Å². The molecule has 7 heteroatoms. The molecule has 1 unspecified atom stereocenters. The molecule has 0 aromatic heterocycles. The number of rotatable bonds is 3. The first kappa shape index (κ1) is 16.8. The van der Waals surface area contributed by atoms with Gasteiger partial charge in [0.2, 0.25) is 11.8 Å². The molecule has 2 aromatic rings. The molecule has 1 atom stereocenters. The van der Waals surface area contributed by atoms with E-state index >= 15 is 0 Å². The summed E-state index contributed by atoms with van der Waals surface area (Å²) in [6.07, 6.45) is -0.937. The highest BCUT2D eigenvalue weighted by Gasteiger charge is 2.47. The van der Waals surface area contributed by atoms with Crippen LogP contribution in [-0.2, 0) is 11.2 Å². The number of nitrogens with zero attached hydrogens (tertiary/aromatic N) is 2. The van der Waals surface area contributed by atoms with Gasteiger partial charge in [0.1, 0.15) is 6.04 Å². The molecule has 1 saturated heterocycles. The summed E-state index contributed by atoms with van der Waals surface area (Å²) in [5, 5.41) is 10.4. The fourth-order valence-corrected chi connectivity index (χ4v) is 3.21. The molecule has 128 valence electrons. The standard InChI is InChI=1S/C18H15F2N3O2/c19-18(20)8-13(9-21)23(10-18)15(24)7-12-6-5-11-3-1-2-4-14(11)16(12)17(22)25/h1-6,13H,7-8,10H2,(H2,22,25). The van der Waals surface area contributed by atoms with Crippen LogP contribution >= 0.6 is 0 Å². The molecule has 0 radical (unpaired) electrons. The number of nitriles is 1. The van der Waals surface area contributed by atoms with Crippen molar-refractivity contribution in [2.45, 2.75) is 24.8 Å². The topological polar surface area (TPSA) is 87.2 Å². The van der Waals surface area contributed by atoms with Crippen LogP contribution in [0.3, 0.4) is 0 Å². The predicted octanol–water partition coefficient (Wildman–Crippen LogP) is 2.24. The van der Waals surface area contributed by atoms with Gasteiger partial charge in [0.25, 0.3) is 5.92 Å². The number of fused-ring (bicyclic) bond motifs is 1. The zero-order valence-corrected chi connectivity index (χ0v) is 13.2. The lowest BCUT2D eigenvalue weighted by atomic mass is 9.96. The third-order valence-corrected chi connectivity index (χ3v) is 4.34. The minimum absolute atomic E-state index is 0.200. The normalized spacial score (nSPS) is 18.9. The minimum atomic E-state index is -3.08. The van der Waals surface area contributed by atoms with Crippen molar-refractivity contribution in [3.63, 3.8) is 0 Å². The second-order valence-electron chi connectivity index (χ2n) is 6.09. The Morgan fingerprint density at radius 3 is 2.68 bits per heavy atom. The summed E-state index contributed by atoms with van der Waals surface area (Å²) in [7, 11) is 0. The Morgan fingerprint density at radius 2 is 2.00 bits per heavy atom. The zero-order chi connectivity index (χ0) is 18.2. The number of carbonyl (C=O) groups is 2. The fraction of sp³-hybridized carbons (Fsp3) is 0.278. The highest BCUT2D eigenvalue weighted by molar-refractivity contribution is 6.08. The number of nitrogens with two attached hydrogens (primary N) is 1. The Labute approximate surface area is 142 Å². The van der Waals surface area contributed by atoms with Crippen LogP contribution in [0.4, 0.5) is 8.78 Å². The average Bonchev–Trinajstić information content (AvgIpc) is 2.89. The van der Waals surface area contributed by atoms with E-state index in [0.29, 0.717) is 10.9 Å². The molecule has 2 aromatic carbocycles. The maximum absolute atomic E-state index is 13.5. The molecule has 1 heterocycles. The maximum Gasteiger partial charge on any atom is 0.268 e. The van der Waals surface area contributed by atoms with Gasteiger partial charge in [-0.3, -0.25) is 9.59 Å². The monoisotopic (exact) mass is 343 g/mol. The number of likely N-dealkylation sites (tertiary alicyclic amines) is 1. The van der Waals surface area contributed by atoms with E-state index in [4.69, 9.17) is 11.0 Å². The Hall–Kier alpha value is -3.01. The van der Waals surface area contributed by atoms with Crippen LogP contribution in [0.5, 0.6) is 0 Å². The summed E-state index contributed by atoms with van der Waals surface area (Å²) in [5.41, 5.74) is 6.03. The van der Waals surface area contributed by atoms with E-state index in [0.717, 1.165) is 10.3 Å². The van der Waals surface area contributed by atoms with Crippen LogP contribution in [0, 0.1) is 11.3 Å². The van der Waals surface area contributed by atoms with E-state index in [9.17, 15) is 18.4 Å². The molecule has 3 rings (SSSR count). The second kappa shape index (κ2) is 6.13. The molecular formula is C18H15F2N3O2. The molecule has 0 spiro atoms. The molecule has 1 aliphatic heterocycles. The Balaban J connectivity index is 1.95. The lowest BCUT2D eigenvalue weighted by Gasteiger charge is -2.20. The van der Waals surface area contributed by atoms with Gasteiger partial charge in [0.15, 0.2) is 0 Å². The fourth-order valence-electron chi connectivity index (χ4n) is 3.21. The quantitative estimate of drug-likeness (QED) is 0.927.